The summed E-state index contributed by atoms with van der Waals surface area (Å²) >= 11 is 0. The Bertz CT molecular complexity index is 1150. The number of aromatic nitrogens is 2. The van der Waals surface area contributed by atoms with Crippen LogP contribution in [0.3, 0.4) is 0 Å². The second-order valence-electron chi connectivity index (χ2n) is 6.69. The van der Waals surface area contributed by atoms with Gasteiger partial charge in [0.15, 0.2) is 0 Å². The fourth-order valence-electron chi connectivity index (χ4n) is 2.88. The van der Waals surface area contributed by atoms with Gasteiger partial charge in [0.1, 0.15) is 6.54 Å². The summed E-state index contributed by atoms with van der Waals surface area (Å²) in [6, 6.07) is 17.5. The predicted octanol–water partition coefficient (Wildman–Crippen LogP) is 1.08. The highest BCUT2D eigenvalue weighted by Gasteiger charge is 2.12. The number of nitrogens with zero attached hydrogens (tertiary/aromatic N) is 2. The van der Waals surface area contributed by atoms with Gasteiger partial charge < -0.3 is 0 Å². The average molecular weight is 406 g/mol. The third-order valence-corrected chi connectivity index (χ3v) is 4.58. The molecule has 3 rings (SSSR count). The molecular weight excluding hydrogens is 384 g/mol. The maximum Gasteiger partial charge on any atom is 0.331 e. The molecule has 0 aliphatic heterocycles. The predicted molar refractivity (Wildman–Crippen MR) is 112 cm³/mol. The van der Waals surface area contributed by atoms with Crippen LogP contribution in [-0.2, 0) is 24.3 Å². The van der Waals surface area contributed by atoms with Crippen molar-refractivity contribution in [3.05, 3.63) is 104 Å². The van der Waals surface area contributed by atoms with Crippen LogP contribution in [0.1, 0.15) is 28.4 Å². The van der Waals surface area contributed by atoms with E-state index in [0.717, 1.165) is 22.1 Å². The van der Waals surface area contributed by atoms with Gasteiger partial charge in [-0.25, -0.2) is 4.79 Å². The number of hydrogen-bond donors (Lipinski definition) is 2. The average Bonchev–Trinajstić information content (AvgIpc) is 2.77. The Hall–Kier alpha value is -3.94. The van der Waals surface area contributed by atoms with Gasteiger partial charge in [0.25, 0.3) is 17.4 Å². The summed E-state index contributed by atoms with van der Waals surface area (Å²) in [5.74, 6) is -1.18. The van der Waals surface area contributed by atoms with E-state index < -0.39 is 29.6 Å². The Kier molecular flexibility index (Phi) is 6.59. The first kappa shape index (κ1) is 20.8. The number of amides is 2. The standard InChI is InChI=1S/C22H22N4O4/c1-2-16-8-10-18(11-9-16)21(29)24-23-19(27)15-26-20(28)12-13-25(22(26)30)14-17-6-4-3-5-7-17/h3-13H,2,14-15H2,1H3,(H,23,27)(H,24,29). The van der Waals surface area contributed by atoms with Crippen LogP contribution in [0.4, 0.5) is 0 Å². The second-order valence-corrected chi connectivity index (χ2v) is 6.69. The third kappa shape index (κ3) is 5.11. The molecule has 2 N–H and O–H groups in total. The summed E-state index contributed by atoms with van der Waals surface area (Å²) in [4.78, 5) is 49.0. The van der Waals surface area contributed by atoms with Crippen LogP contribution >= 0.6 is 0 Å². The fourth-order valence-corrected chi connectivity index (χ4v) is 2.88. The van der Waals surface area contributed by atoms with Crippen molar-refractivity contribution in [1.82, 2.24) is 20.0 Å². The van der Waals surface area contributed by atoms with Crippen molar-refractivity contribution in [3.8, 4) is 0 Å². The molecule has 8 heteroatoms. The minimum Gasteiger partial charge on any atom is -0.296 e. The molecule has 0 saturated carbocycles. The van der Waals surface area contributed by atoms with Crippen LogP contribution in [0.5, 0.6) is 0 Å². The van der Waals surface area contributed by atoms with Crippen LogP contribution in [0, 0.1) is 0 Å². The zero-order chi connectivity index (χ0) is 21.5. The van der Waals surface area contributed by atoms with Gasteiger partial charge in [-0.1, -0.05) is 49.4 Å². The highest BCUT2D eigenvalue weighted by Crippen LogP contribution is 2.04. The molecule has 0 fully saturated rings. The summed E-state index contributed by atoms with van der Waals surface area (Å²) in [5, 5.41) is 0. The number of aryl methyl sites for hydroxylation is 1. The van der Waals surface area contributed by atoms with E-state index in [9.17, 15) is 19.2 Å². The SMILES string of the molecule is CCc1ccc(C(=O)NNC(=O)Cn2c(=O)ccn(Cc3ccccc3)c2=O)cc1. The summed E-state index contributed by atoms with van der Waals surface area (Å²) in [6.45, 7) is 1.77. The lowest BCUT2D eigenvalue weighted by Gasteiger charge is -2.11. The van der Waals surface area contributed by atoms with Gasteiger partial charge in [-0.3, -0.25) is 34.4 Å². The van der Waals surface area contributed by atoms with Crippen molar-refractivity contribution >= 4 is 11.8 Å². The largest absolute Gasteiger partial charge is 0.331 e. The Morgan fingerprint density at radius 3 is 2.23 bits per heavy atom. The summed E-state index contributed by atoms with van der Waals surface area (Å²) in [5.41, 5.74) is 5.68. The van der Waals surface area contributed by atoms with Gasteiger partial charge in [0, 0.05) is 17.8 Å². The van der Waals surface area contributed by atoms with E-state index in [-0.39, 0.29) is 6.54 Å². The van der Waals surface area contributed by atoms with Crippen molar-refractivity contribution < 1.29 is 9.59 Å². The molecule has 30 heavy (non-hydrogen) atoms. The maximum absolute atomic E-state index is 12.6. The van der Waals surface area contributed by atoms with Crippen LogP contribution in [0.25, 0.3) is 0 Å². The van der Waals surface area contributed by atoms with Gasteiger partial charge >= 0.3 is 5.69 Å². The molecule has 1 heterocycles. The van der Waals surface area contributed by atoms with Gasteiger partial charge in [0.05, 0.1) is 6.54 Å². The monoisotopic (exact) mass is 406 g/mol. The molecule has 1 aromatic heterocycles. The number of hydrazine groups is 1. The van der Waals surface area contributed by atoms with Crippen molar-refractivity contribution in [3.63, 3.8) is 0 Å². The van der Waals surface area contributed by atoms with Gasteiger partial charge in [0.2, 0.25) is 0 Å². The van der Waals surface area contributed by atoms with E-state index in [1.54, 1.807) is 12.1 Å². The molecule has 0 radical (unpaired) electrons. The van der Waals surface area contributed by atoms with Gasteiger partial charge in [-0.05, 0) is 29.7 Å². The van der Waals surface area contributed by atoms with E-state index in [0.29, 0.717) is 5.56 Å². The summed E-state index contributed by atoms with van der Waals surface area (Å²) < 4.78 is 2.17. The Labute approximate surface area is 172 Å². The van der Waals surface area contributed by atoms with Crippen LogP contribution in [0.2, 0.25) is 0 Å². The lowest BCUT2D eigenvalue weighted by Crippen LogP contribution is -2.47. The van der Waals surface area contributed by atoms with Crippen LogP contribution in [-0.4, -0.2) is 20.9 Å². The molecule has 0 aliphatic rings. The van der Waals surface area contributed by atoms with Crippen molar-refractivity contribution in [1.29, 1.82) is 0 Å². The van der Waals surface area contributed by atoms with E-state index in [2.05, 4.69) is 10.9 Å². The molecule has 3 aromatic rings. The van der Waals surface area contributed by atoms with Crippen LogP contribution < -0.4 is 22.1 Å². The van der Waals surface area contributed by atoms with E-state index in [4.69, 9.17) is 0 Å². The minimum atomic E-state index is -0.690. The first-order valence-electron chi connectivity index (χ1n) is 9.50. The van der Waals surface area contributed by atoms with Crippen molar-refractivity contribution in [2.75, 3.05) is 0 Å². The van der Waals surface area contributed by atoms with Gasteiger partial charge in [-0.15, -0.1) is 0 Å². The Morgan fingerprint density at radius 1 is 0.867 bits per heavy atom. The summed E-state index contributed by atoms with van der Waals surface area (Å²) in [7, 11) is 0. The fraction of sp³-hybridized carbons (Fsp3) is 0.182. The topological polar surface area (TPSA) is 102 Å². The zero-order valence-electron chi connectivity index (χ0n) is 16.5. The van der Waals surface area contributed by atoms with Crippen molar-refractivity contribution in [2.24, 2.45) is 0 Å². The Balaban J connectivity index is 1.65. The molecule has 0 saturated heterocycles. The van der Waals surface area contributed by atoms with E-state index in [1.807, 2.05) is 49.4 Å². The maximum atomic E-state index is 12.6. The molecule has 8 nitrogen and oxygen atoms in total. The molecule has 154 valence electrons. The lowest BCUT2D eigenvalue weighted by molar-refractivity contribution is -0.122. The number of rotatable bonds is 6. The highest BCUT2D eigenvalue weighted by molar-refractivity contribution is 5.95. The molecule has 0 bridgehead atoms. The van der Waals surface area contributed by atoms with E-state index in [1.165, 1.54) is 16.8 Å². The molecule has 0 aliphatic carbocycles. The Morgan fingerprint density at radius 2 is 1.57 bits per heavy atom. The number of carbonyl (C=O) groups excluding carboxylic acids is 2. The number of benzene rings is 2. The second kappa shape index (κ2) is 9.51. The highest BCUT2D eigenvalue weighted by atomic mass is 16.2. The van der Waals surface area contributed by atoms with Gasteiger partial charge in [-0.2, -0.15) is 0 Å². The number of carbonyl (C=O) groups is 2. The zero-order valence-corrected chi connectivity index (χ0v) is 16.5. The molecule has 2 amide bonds. The number of nitrogens with one attached hydrogen (secondary N) is 2. The molecule has 0 atom stereocenters. The normalized spacial score (nSPS) is 10.4. The van der Waals surface area contributed by atoms with Crippen LogP contribution in [0.15, 0.2) is 76.4 Å². The smallest absolute Gasteiger partial charge is 0.296 e. The lowest BCUT2D eigenvalue weighted by atomic mass is 10.1. The minimum absolute atomic E-state index is 0.270. The summed E-state index contributed by atoms with van der Waals surface area (Å²) in [6.07, 6.45) is 2.25. The number of hydrogen-bond acceptors (Lipinski definition) is 4. The molecule has 2 aromatic carbocycles. The quantitative estimate of drug-likeness (QED) is 0.598. The molecular formula is C22H22N4O4. The molecule has 0 unspecified atom stereocenters. The van der Waals surface area contributed by atoms with Crippen molar-refractivity contribution in [2.45, 2.75) is 26.4 Å². The first-order valence-corrected chi connectivity index (χ1v) is 9.50. The first-order chi connectivity index (χ1) is 14.5. The molecule has 0 spiro atoms. The third-order valence-electron chi connectivity index (χ3n) is 4.58. The van der Waals surface area contributed by atoms with E-state index >= 15 is 0 Å².